The van der Waals surface area contributed by atoms with Crippen LogP contribution in [0.1, 0.15) is 0 Å². The van der Waals surface area contributed by atoms with Gasteiger partial charge >= 0.3 is 0 Å². The third-order valence-corrected chi connectivity index (χ3v) is 3.03. The molecule has 2 aromatic carbocycles. The molecule has 1 heterocycles. The van der Waals surface area contributed by atoms with Gasteiger partial charge in [-0.25, -0.2) is 0 Å². The third kappa shape index (κ3) is 2.36. The van der Waals surface area contributed by atoms with Crippen molar-refractivity contribution in [2.45, 2.75) is 0 Å². The van der Waals surface area contributed by atoms with Crippen LogP contribution >= 0.6 is 0 Å². The molecule has 3 heteroatoms. The fraction of sp³-hybridized carbons (Fsp3) is 0.0625. The quantitative estimate of drug-likeness (QED) is 0.768. The average molecular weight is 250 g/mol. The highest BCUT2D eigenvalue weighted by Gasteiger charge is 2.06. The van der Waals surface area contributed by atoms with Gasteiger partial charge < -0.3 is 4.74 Å². The molecule has 0 aliphatic carbocycles. The van der Waals surface area contributed by atoms with E-state index in [9.17, 15) is 0 Å². The summed E-state index contributed by atoms with van der Waals surface area (Å²) < 4.78 is 5.23. The number of ether oxygens (including phenoxy) is 1. The Morgan fingerprint density at radius 2 is 1.68 bits per heavy atom. The zero-order chi connectivity index (χ0) is 13.1. The zero-order valence-electron chi connectivity index (χ0n) is 10.6. The van der Waals surface area contributed by atoms with E-state index in [4.69, 9.17) is 4.74 Å². The van der Waals surface area contributed by atoms with Crippen molar-refractivity contribution in [3.8, 4) is 28.3 Å². The average Bonchev–Trinajstić information content (AvgIpc) is 2.98. The molecular weight excluding hydrogens is 236 g/mol. The highest BCUT2D eigenvalue weighted by atomic mass is 16.5. The zero-order valence-corrected chi connectivity index (χ0v) is 10.6. The van der Waals surface area contributed by atoms with Gasteiger partial charge in [-0.3, -0.25) is 5.10 Å². The van der Waals surface area contributed by atoms with E-state index in [-0.39, 0.29) is 0 Å². The van der Waals surface area contributed by atoms with Gasteiger partial charge in [-0.1, -0.05) is 42.5 Å². The summed E-state index contributed by atoms with van der Waals surface area (Å²) in [6, 6.07) is 20.1. The fourth-order valence-electron chi connectivity index (χ4n) is 2.02. The van der Waals surface area contributed by atoms with Crippen LogP contribution in [0.25, 0.3) is 22.5 Å². The topological polar surface area (TPSA) is 37.9 Å². The predicted molar refractivity (Wildman–Crippen MR) is 76.0 cm³/mol. The second-order valence-corrected chi connectivity index (χ2v) is 4.26. The van der Waals surface area contributed by atoms with Gasteiger partial charge in [-0.05, 0) is 23.8 Å². The van der Waals surface area contributed by atoms with E-state index in [1.54, 1.807) is 7.11 Å². The van der Waals surface area contributed by atoms with Crippen molar-refractivity contribution in [2.24, 2.45) is 0 Å². The summed E-state index contributed by atoms with van der Waals surface area (Å²) >= 11 is 0. The summed E-state index contributed by atoms with van der Waals surface area (Å²) in [4.78, 5) is 0. The monoisotopic (exact) mass is 250 g/mol. The Morgan fingerprint density at radius 1 is 0.895 bits per heavy atom. The smallest absolute Gasteiger partial charge is 0.119 e. The normalized spacial score (nSPS) is 10.4. The van der Waals surface area contributed by atoms with E-state index >= 15 is 0 Å². The Kier molecular flexibility index (Phi) is 3.02. The van der Waals surface area contributed by atoms with Crippen LogP contribution in [-0.4, -0.2) is 17.3 Å². The minimum atomic E-state index is 0.835. The number of aromatic nitrogens is 2. The number of nitrogens with zero attached hydrogens (tertiary/aromatic N) is 1. The van der Waals surface area contributed by atoms with Crippen LogP contribution in [0.5, 0.6) is 5.75 Å². The van der Waals surface area contributed by atoms with Gasteiger partial charge in [-0.2, -0.15) is 5.10 Å². The highest BCUT2D eigenvalue weighted by molar-refractivity contribution is 5.68. The van der Waals surface area contributed by atoms with E-state index in [2.05, 4.69) is 22.3 Å². The number of H-pyrrole nitrogens is 1. The number of aromatic amines is 1. The lowest BCUT2D eigenvalue weighted by Gasteiger charge is -2.01. The van der Waals surface area contributed by atoms with Crippen LogP contribution in [0.4, 0.5) is 0 Å². The minimum absolute atomic E-state index is 0.835. The molecule has 0 unspecified atom stereocenters. The molecule has 3 aromatic rings. The molecule has 0 atom stereocenters. The molecule has 3 nitrogen and oxygen atoms in total. The van der Waals surface area contributed by atoms with E-state index in [0.717, 1.165) is 28.3 Å². The fourth-order valence-corrected chi connectivity index (χ4v) is 2.02. The molecular formula is C16H14N2O. The lowest BCUT2D eigenvalue weighted by atomic mass is 10.1. The minimum Gasteiger partial charge on any atom is -0.497 e. The van der Waals surface area contributed by atoms with Gasteiger partial charge in [0.15, 0.2) is 0 Å². The molecule has 0 spiro atoms. The molecule has 0 bridgehead atoms. The molecule has 0 amide bonds. The second kappa shape index (κ2) is 4.98. The first kappa shape index (κ1) is 11.5. The van der Waals surface area contributed by atoms with Gasteiger partial charge in [0.2, 0.25) is 0 Å². The first-order valence-electron chi connectivity index (χ1n) is 6.12. The molecule has 0 saturated heterocycles. The van der Waals surface area contributed by atoms with Crippen LogP contribution < -0.4 is 4.74 Å². The first-order chi connectivity index (χ1) is 9.36. The molecule has 19 heavy (non-hydrogen) atoms. The Hall–Kier alpha value is -2.55. The van der Waals surface area contributed by atoms with Gasteiger partial charge in [-0.15, -0.1) is 0 Å². The standard InChI is InChI=1S/C16H14N2O/c1-19-14-9-5-8-13(10-14)16-11-15(17-18-16)12-6-3-2-4-7-12/h2-11H,1H3,(H,17,18). The van der Waals surface area contributed by atoms with Crippen molar-refractivity contribution in [1.82, 2.24) is 10.2 Å². The van der Waals surface area contributed by atoms with Crippen LogP contribution in [-0.2, 0) is 0 Å². The summed E-state index contributed by atoms with van der Waals surface area (Å²) in [7, 11) is 1.67. The van der Waals surface area contributed by atoms with Crippen molar-refractivity contribution in [2.75, 3.05) is 7.11 Å². The number of nitrogens with one attached hydrogen (secondary N) is 1. The molecule has 3 rings (SSSR count). The van der Waals surface area contributed by atoms with Crippen molar-refractivity contribution < 1.29 is 4.74 Å². The number of methoxy groups -OCH3 is 1. The van der Waals surface area contributed by atoms with Crippen molar-refractivity contribution in [1.29, 1.82) is 0 Å². The lowest BCUT2D eigenvalue weighted by molar-refractivity contribution is 0.415. The largest absolute Gasteiger partial charge is 0.497 e. The summed E-state index contributed by atoms with van der Waals surface area (Å²) in [5.74, 6) is 0.835. The number of hydrogen-bond acceptors (Lipinski definition) is 2. The third-order valence-electron chi connectivity index (χ3n) is 3.03. The van der Waals surface area contributed by atoms with Crippen LogP contribution in [0, 0.1) is 0 Å². The molecule has 0 fully saturated rings. The van der Waals surface area contributed by atoms with E-state index in [1.807, 2.05) is 48.5 Å². The summed E-state index contributed by atoms with van der Waals surface area (Å²) in [6.45, 7) is 0. The van der Waals surface area contributed by atoms with Crippen molar-refractivity contribution in [3.63, 3.8) is 0 Å². The van der Waals surface area contributed by atoms with Crippen molar-refractivity contribution in [3.05, 3.63) is 60.7 Å². The van der Waals surface area contributed by atoms with Gasteiger partial charge in [0, 0.05) is 5.56 Å². The molecule has 1 aromatic heterocycles. The first-order valence-corrected chi connectivity index (χ1v) is 6.12. The Balaban J connectivity index is 1.97. The molecule has 0 aliphatic heterocycles. The Labute approximate surface area is 111 Å². The van der Waals surface area contributed by atoms with E-state index in [0.29, 0.717) is 0 Å². The van der Waals surface area contributed by atoms with Gasteiger partial charge in [0.05, 0.1) is 18.5 Å². The van der Waals surface area contributed by atoms with Crippen molar-refractivity contribution >= 4 is 0 Å². The summed E-state index contributed by atoms with van der Waals surface area (Å²) in [5, 5.41) is 7.42. The maximum absolute atomic E-state index is 5.23. The van der Waals surface area contributed by atoms with E-state index in [1.165, 1.54) is 0 Å². The molecule has 94 valence electrons. The SMILES string of the molecule is COc1cccc(-c2cc(-c3ccccc3)[nH]n2)c1. The Morgan fingerprint density at radius 3 is 2.47 bits per heavy atom. The highest BCUT2D eigenvalue weighted by Crippen LogP contribution is 2.25. The van der Waals surface area contributed by atoms with Crippen LogP contribution in [0.2, 0.25) is 0 Å². The van der Waals surface area contributed by atoms with E-state index < -0.39 is 0 Å². The molecule has 0 radical (unpaired) electrons. The lowest BCUT2D eigenvalue weighted by Crippen LogP contribution is -1.83. The second-order valence-electron chi connectivity index (χ2n) is 4.26. The molecule has 1 N–H and O–H groups in total. The number of hydrogen-bond donors (Lipinski definition) is 1. The van der Waals surface area contributed by atoms with Crippen LogP contribution in [0.15, 0.2) is 60.7 Å². The van der Waals surface area contributed by atoms with Gasteiger partial charge in [0.25, 0.3) is 0 Å². The summed E-state index contributed by atoms with van der Waals surface area (Å²) in [5.41, 5.74) is 4.10. The Bertz CT molecular complexity index is 674. The molecule has 0 aliphatic rings. The summed E-state index contributed by atoms with van der Waals surface area (Å²) in [6.07, 6.45) is 0. The molecule has 0 saturated carbocycles. The predicted octanol–water partition coefficient (Wildman–Crippen LogP) is 3.75. The van der Waals surface area contributed by atoms with Crippen LogP contribution in [0.3, 0.4) is 0 Å². The number of rotatable bonds is 3. The number of benzene rings is 2. The van der Waals surface area contributed by atoms with Gasteiger partial charge in [0.1, 0.15) is 5.75 Å². The maximum atomic E-state index is 5.23. The maximum Gasteiger partial charge on any atom is 0.119 e.